The maximum Gasteiger partial charge on any atom is 0.123 e. The van der Waals surface area contributed by atoms with Crippen LogP contribution in [0.2, 0.25) is 0 Å². The molecule has 1 aromatic rings. The lowest BCUT2D eigenvalue weighted by Gasteiger charge is -2.19. The summed E-state index contributed by atoms with van der Waals surface area (Å²) in [4.78, 5) is 0.453. The highest BCUT2D eigenvalue weighted by Gasteiger charge is 2.32. The van der Waals surface area contributed by atoms with Crippen LogP contribution >= 0.6 is 15.9 Å². The summed E-state index contributed by atoms with van der Waals surface area (Å²) in [6.07, 6.45) is 2.43. The summed E-state index contributed by atoms with van der Waals surface area (Å²) < 4.78 is 5.74. The van der Waals surface area contributed by atoms with Gasteiger partial charge in [0.1, 0.15) is 5.75 Å². The molecular weight excluding hydrogens is 288 g/mol. The highest BCUT2D eigenvalue weighted by molar-refractivity contribution is 9.09. The molecule has 0 bridgehead atoms. The molecule has 0 amide bonds. The predicted octanol–water partition coefficient (Wildman–Crippen LogP) is 5.23. The Morgan fingerprint density at radius 3 is 2.78 bits per heavy atom. The van der Waals surface area contributed by atoms with Crippen LogP contribution in [-0.4, -0.2) is 6.61 Å². The molecule has 2 heteroatoms. The van der Waals surface area contributed by atoms with E-state index < -0.39 is 0 Å². The van der Waals surface area contributed by atoms with E-state index in [0.29, 0.717) is 4.83 Å². The monoisotopic (exact) mass is 310 g/mol. The molecular formula is C16H23BrO. The van der Waals surface area contributed by atoms with E-state index in [1.807, 2.05) is 0 Å². The third-order valence-corrected chi connectivity index (χ3v) is 4.89. The van der Waals surface area contributed by atoms with Gasteiger partial charge in [0.25, 0.3) is 0 Å². The van der Waals surface area contributed by atoms with Crippen molar-refractivity contribution in [2.24, 2.45) is 5.92 Å². The Morgan fingerprint density at radius 1 is 1.39 bits per heavy atom. The van der Waals surface area contributed by atoms with Gasteiger partial charge in [-0.2, -0.15) is 0 Å². The van der Waals surface area contributed by atoms with E-state index in [4.69, 9.17) is 4.74 Å². The smallest absolute Gasteiger partial charge is 0.123 e. The van der Waals surface area contributed by atoms with Gasteiger partial charge in [-0.1, -0.05) is 62.2 Å². The van der Waals surface area contributed by atoms with Gasteiger partial charge in [0.15, 0.2) is 0 Å². The van der Waals surface area contributed by atoms with Gasteiger partial charge in [-0.15, -0.1) is 0 Å². The highest BCUT2D eigenvalue weighted by Crippen LogP contribution is 2.41. The Balaban J connectivity index is 2.21. The van der Waals surface area contributed by atoms with Crippen LogP contribution in [0.25, 0.3) is 0 Å². The molecule has 2 unspecified atom stereocenters. The van der Waals surface area contributed by atoms with E-state index in [9.17, 15) is 0 Å². The van der Waals surface area contributed by atoms with Crippen molar-refractivity contribution >= 4 is 15.9 Å². The minimum atomic E-state index is 0.147. The normalized spacial score (nSPS) is 20.1. The topological polar surface area (TPSA) is 9.23 Å². The number of hydrogen-bond acceptors (Lipinski definition) is 1. The third kappa shape index (κ3) is 2.74. The van der Waals surface area contributed by atoms with Crippen molar-refractivity contribution in [1.29, 1.82) is 0 Å². The standard InChI is InChI=1S/C16H23BrO/c1-5-11(2)8-14(17)12-6-7-15-13(9-12)16(3,4)10-18-15/h6-7,9,11,14H,5,8,10H2,1-4H3. The molecule has 0 spiro atoms. The van der Waals surface area contributed by atoms with Crippen molar-refractivity contribution in [3.63, 3.8) is 0 Å². The van der Waals surface area contributed by atoms with Crippen LogP contribution < -0.4 is 4.74 Å². The maximum atomic E-state index is 5.74. The van der Waals surface area contributed by atoms with E-state index >= 15 is 0 Å². The molecule has 100 valence electrons. The van der Waals surface area contributed by atoms with Crippen molar-refractivity contribution in [2.45, 2.75) is 50.8 Å². The number of halogens is 1. The predicted molar refractivity (Wildman–Crippen MR) is 80.7 cm³/mol. The number of hydrogen-bond donors (Lipinski definition) is 0. The first-order valence-corrected chi connectivity index (χ1v) is 7.77. The minimum Gasteiger partial charge on any atom is -0.492 e. The molecule has 0 radical (unpaired) electrons. The molecule has 2 atom stereocenters. The Bertz CT molecular complexity index is 425. The zero-order valence-electron chi connectivity index (χ0n) is 11.8. The fourth-order valence-corrected chi connectivity index (χ4v) is 3.31. The van der Waals surface area contributed by atoms with Crippen molar-refractivity contribution in [3.8, 4) is 5.75 Å². The van der Waals surface area contributed by atoms with Gasteiger partial charge in [0.2, 0.25) is 0 Å². The lowest BCUT2D eigenvalue weighted by atomic mass is 9.85. The van der Waals surface area contributed by atoms with Gasteiger partial charge in [-0.25, -0.2) is 0 Å². The lowest BCUT2D eigenvalue weighted by molar-refractivity contribution is 0.291. The molecule has 0 saturated heterocycles. The SMILES string of the molecule is CCC(C)CC(Br)c1ccc2c(c1)C(C)(C)CO2. The molecule has 0 aliphatic carbocycles. The largest absolute Gasteiger partial charge is 0.492 e. The van der Waals surface area contributed by atoms with Crippen molar-refractivity contribution in [2.75, 3.05) is 6.61 Å². The summed E-state index contributed by atoms with van der Waals surface area (Å²) in [5.74, 6) is 1.82. The first kappa shape index (κ1) is 13.9. The minimum absolute atomic E-state index is 0.147. The molecule has 0 fully saturated rings. The highest BCUT2D eigenvalue weighted by atomic mass is 79.9. The summed E-state index contributed by atoms with van der Waals surface area (Å²) >= 11 is 3.83. The van der Waals surface area contributed by atoms with Gasteiger partial charge < -0.3 is 4.74 Å². The fourth-order valence-electron chi connectivity index (χ4n) is 2.39. The molecule has 0 aromatic heterocycles. The Hall–Kier alpha value is -0.500. The van der Waals surface area contributed by atoms with E-state index in [2.05, 4.69) is 61.8 Å². The van der Waals surface area contributed by atoms with Crippen molar-refractivity contribution < 1.29 is 4.74 Å². The second kappa shape index (κ2) is 5.24. The van der Waals surface area contributed by atoms with Crippen LogP contribution in [0, 0.1) is 5.92 Å². The molecule has 1 aromatic carbocycles. The Kier molecular flexibility index (Phi) is 4.05. The maximum absolute atomic E-state index is 5.74. The summed E-state index contributed by atoms with van der Waals surface area (Å²) in [5, 5.41) is 0. The zero-order chi connectivity index (χ0) is 13.3. The molecule has 2 rings (SSSR count). The first-order chi connectivity index (χ1) is 8.44. The Labute approximate surface area is 119 Å². The van der Waals surface area contributed by atoms with Gasteiger partial charge in [0.05, 0.1) is 6.61 Å². The van der Waals surface area contributed by atoms with Crippen molar-refractivity contribution in [3.05, 3.63) is 29.3 Å². The summed E-state index contributed by atoms with van der Waals surface area (Å²) in [7, 11) is 0. The van der Waals surface area contributed by atoms with Crippen molar-refractivity contribution in [1.82, 2.24) is 0 Å². The van der Waals surface area contributed by atoms with Crippen LogP contribution in [-0.2, 0) is 5.41 Å². The van der Waals surface area contributed by atoms with Gasteiger partial charge in [-0.3, -0.25) is 0 Å². The van der Waals surface area contributed by atoms with E-state index in [1.165, 1.54) is 24.0 Å². The number of alkyl halides is 1. The first-order valence-electron chi connectivity index (χ1n) is 6.85. The molecule has 0 N–H and O–H groups in total. The van der Waals surface area contributed by atoms with Crippen LogP contribution in [0.1, 0.15) is 56.5 Å². The average molecular weight is 311 g/mol. The summed E-state index contributed by atoms with van der Waals surface area (Å²) in [5.41, 5.74) is 2.88. The number of fused-ring (bicyclic) bond motifs is 1. The fraction of sp³-hybridized carbons (Fsp3) is 0.625. The van der Waals surface area contributed by atoms with Crippen LogP contribution in [0.4, 0.5) is 0 Å². The lowest BCUT2D eigenvalue weighted by Crippen LogP contribution is -2.18. The van der Waals surface area contributed by atoms with E-state index in [0.717, 1.165) is 18.3 Å². The molecule has 1 heterocycles. The van der Waals surface area contributed by atoms with Crippen LogP contribution in [0.3, 0.4) is 0 Å². The van der Waals surface area contributed by atoms with Crippen LogP contribution in [0.5, 0.6) is 5.75 Å². The van der Waals surface area contributed by atoms with E-state index in [-0.39, 0.29) is 5.41 Å². The molecule has 1 aliphatic rings. The second-order valence-electron chi connectivity index (χ2n) is 6.14. The number of benzene rings is 1. The average Bonchev–Trinajstić information content (AvgIpc) is 2.65. The molecule has 0 saturated carbocycles. The van der Waals surface area contributed by atoms with E-state index in [1.54, 1.807) is 0 Å². The molecule has 1 nitrogen and oxygen atoms in total. The number of ether oxygens (including phenoxy) is 1. The number of rotatable bonds is 4. The second-order valence-corrected chi connectivity index (χ2v) is 7.25. The van der Waals surface area contributed by atoms with Gasteiger partial charge in [-0.05, 0) is 24.0 Å². The zero-order valence-corrected chi connectivity index (χ0v) is 13.4. The van der Waals surface area contributed by atoms with Crippen LogP contribution in [0.15, 0.2) is 18.2 Å². The molecule has 18 heavy (non-hydrogen) atoms. The quantitative estimate of drug-likeness (QED) is 0.692. The summed E-state index contributed by atoms with van der Waals surface area (Å²) in [6.45, 7) is 9.86. The Morgan fingerprint density at radius 2 is 2.11 bits per heavy atom. The third-order valence-electron chi connectivity index (χ3n) is 3.99. The van der Waals surface area contributed by atoms with Gasteiger partial charge in [0, 0.05) is 15.8 Å². The summed E-state index contributed by atoms with van der Waals surface area (Å²) in [6, 6.07) is 6.65. The molecule has 1 aliphatic heterocycles. The van der Waals surface area contributed by atoms with Gasteiger partial charge >= 0.3 is 0 Å².